The van der Waals surface area contributed by atoms with E-state index in [-0.39, 0.29) is 5.82 Å². The lowest BCUT2D eigenvalue weighted by atomic mass is 10.2. The van der Waals surface area contributed by atoms with Crippen LogP contribution in [0.1, 0.15) is 11.1 Å². The Hall–Kier alpha value is -2.46. The molecule has 20 heavy (non-hydrogen) atoms. The Balaban J connectivity index is 1.78. The molecular formula is C16H14FNO2. The molecule has 0 saturated heterocycles. The highest BCUT2D eigenvalue weighted by atomic mass is 19.1. The van der Waals surface area contributed by atoms with Crippen LogP contribution in [-0.4, -0.2) is 5.91 Å². The third-order valence-corrected chi connectivity index (χ3v) is 2.53. The molecule has 4 heteroatoms. The summed E-state index contributed by atoms with van der Waals surface area (Å²) in [5.41, 5.74) is 3.87. The van der Waals surface area contributed by atoms with Crippen LogP contribution >= 0.6 is 0 Å². The van der Waals surface area contributed by atoms with Gasteiger partial charge < -0.3 is 0 Å². The van der Waals surface area contributed by atoms with E-state index in [1.54, 1.807) is 12.1 Å². The molecule has 0 radical (unpaired) electrons. The molecule has 0 heterocycles. The van der Waals surface area contributed by atoms with E-state index in [0.717, 1.165) is 5.56 Å². The van der Waals surface area contributed by atoms with Crippen molar-refractivity contribution < 1.29 is 14.0 Å². The Morgan fingerprint density at radius 2 is 1.95 bits per heavy atom. The molecular weight excluding hydrogens is 257 g/mol. The number of hydroxylamine groups is 1. The summed E-state index contributed by atoms with van der Waals surface area (Å²) in [6.45, 7) is 0.292. The van der Waals surface area contributed by atoms with E-state index in [9.17, 15) is 9.18 Å². The number of carbonyl (C=O) groups excluding carboxylic acids is 1. The monoisotopic (exact) mass is 271 g/mol. The van der Waals surface area contributed by atoms with Gasteiger partial charge in [0, 0.05) is 6.08 Å². The summed E-state index contributed by atoms with van der Waals surface area (Å²) in [4.78, 5) is 16.5. The molecule has 0 saturated carbocycles. The van der Waals surface area contributed by atoms with Gasteiger partial charge in [-0.3, -0.25) is 9.63 Å². The van der Waals surface area contributed by atoms with Crippen LogP contribution in [0, 0.1) is 5.82 Å². The van der Waals surface area contributed by atoms with Crippen molar-refractivity contribution in [3.63, 3.8) is 0 Å². The zero-order chi connectivity index (χ0) is 14.2. The number of hydrogen-bond donors (Lipinski definition) is 1. The molecule has 1 amide bonds. The zero-order valence-corrected chi connectivity index (χ0v) is 10.8. The number of rotatable bonds is 5. The van der Waals surface area contributed by atoms with Crippen molar-refractivity contribution in [1.29, 1.82) is 0 Å². The lowest BCUT2D eigenvalue weighted by Gasteiger charge is -2.03. The predicted octanol–water partition coefficient (Wildman–Crippen LogP) is 3.09. The summed E-state index contributed by atoms with van der Waals surface area (Å²) in [6.07, 6.45) is 2.81. The summed E-state index contributed by atoms with van der Waals surface area (Å²) in [5.74, 6) is -0.738. The average molecular weight is 271 g/mol. The number of amides is 1. The molecule has 1 N–H and O–H groups in total. The zero-order valence-electron chi connectivity index (χ0n) is 10.8. The highest BCUT2D eigenvalue weighted by Gasteiger charge is 1.97. The van der Waals surface area contributed by atoms with Crippen molar-refractivity contribution in [2.24, 2.45) is 0 Å². The minimum Gasteiger partial charge on any atom is -0.269 e. The first-order valence-electron chi connectivity index (χ1n) is 6.13. The van der Waals surface area contributed by atoms with Gasteiger partial charge in [-0.05, 0) is 29.3 Å². The molecule has 2 aromatic carbocycles. The highest BCUT2D eigenvalue weighted by molar-refractivity contribution is 5.90. The van der Waals surface area contributed by atoms with Gasteiger partial charge >= 0.3 is 0 Å². The Kier molecular flexibility index (Phi) is 5.03. The highest BCUT2D eigenvalue weighted by Crippen LogP contribution is 2.05. The van der Waals surface area contributed by atoms with Gasteiger partial charge in [0.15, 0.2) is 0 Å². The molecule has 0 aromatic heterocycles. The van der Waals surface area contributed by atoms with E-state index < -0.39 is 5.91 Å². The van der Waals surface area contributed by atoms with Gasteiger partial charge in [0.2, 0.25) is 0 Å². The SMILES string of the molecule is O=C(C=Cc1cccc(F)c1)NOCc1ccccc1. The molecule has 0 unspecified atom stereocenters. The largest absolute Gasteiger partial charge is 0.269 e. The van der Waals surface area contributed by atoms with Crippen molar-refractivity contribution in [2.75, 3.05) is 0 Å². The average Bonchev–Trinajstić information content (AvgIpc) is 2.46. The molecule has 0 spiro atoms. The van der Waals surface area contributed by atoms with Gasteiger partial charge in [0.1, 0.15) is 5.82 Å². The van der Waals surface area contributed by atoms with E-state index in [1.165, 1.54) is 24.3 Å². The van der Waals surface area contributed by atoms with E-state index >= 15 is 0 Å². The smallest absolute Gasteiger partial charge is 0.267 e. The Morgan fingerprint density at radius 1 is 1.15 bits per heavy atom. The van der Waals surface area contributed by atoms with Gasteiger partial charge in [-0.2, -0.15) is 0 Å². The number of carbonyl (C=O) groups is 1. The van der Waals surface area contributed by atoms with Crippen LogP contribution in [0.3, 0.4) is 0 Å². The minimum atomic E-state index is -0.398. The van der Waals surface area contributed by atoms with E-state index in [0.29, 0.717) is 12.2 Å². The summed E-state index contributed by atoms with van der Waals surface area (Å²) in [6, 6.07) is 15.5. The van der Waals surface area contributed by atoms with Crippen molar-refractivity contribution in [1.82, 2.24) is 5.48 Å². The van der Waals surface area contributed by atoms with Gasteiger partial charge in [-0.1, -0.05) is 42.5 Å². The van der Waals surface area contributed by atoms with Crippen LogP contribution < -0.4 is 5.48 Å². The van der Waals surface area contributed by atoms with E-state index in [2.05, 4.69) is 5.48 Å². The Labute approximate surface area is 116 Å². The van der Waals surface area contributed by atoms with Crippen LogP contribution in [0.15, 0.2) is 60.7 Å². The van der Waals surface area contributed by atoms with Crippen LogP contribution in [-0.2, 0) is 16.2 Å². The standard InChI is InChI=1S/C16H14FNO2/c17-15-8-4-7-13(11-15)9-10-16(19)18-20-12-14-5-2-1-3-6-14/h1-11H,12H2,(H,18,19). The predicted molar refractivity (Wildman–Crippen MR) is 74.8 cm³/mol. The summed E-state index contributed by atoms with van der Waals surface area (Å²) in [5, 5.41) is 0. The number of nitrogens with one attached hydrogen (secondary N) is 1. The summed E-state index contributed by atoms with van der Waals surface area (Å²) < 4.78 is 12.9. The fourth-order valence-electron chi connectivity index (χ4n) is 1.58. The quantitative estimate of drug-likeness (QED) is 0.670. The molecule has 0 aliphatic carbocycles. The topological polar surface area (TPSA) is 38.3 Å². The second-order valence-electron chi connectivity index (χ2n) is 4.13. The molecule has 0 aliphatic rings. The third-order valence-electron chi connectivity index (χ3n) is 2.53. The first kappa shape index (κ1) is 14.0. The molecule has 2 rings (SSSR count). The maximum atomic E-state index is 12.9. The van der Waals surface area contributed by atoms with Gasteiger partial charge in [-0.15, -0.1) is 0 Å². The summed E-state index contributed by atoms with van der Waals surface area (Å²) >= 11 is 0. The van der Waals surface area contributed by atoms with Crippen molar-refractivity contribution in [3.8, 4) is 0 Å². The lowest BCUT2D eigenvalue weighted by molar-refractivity contribution is -0.129. The first-order valence-corrected chi connectivity index (χ1v) is 6.13. The van der Waals surface area contributed by atoms with Gasteiger partial charge in [-0.25, -0.2) is 9.87 Å². The first-order chi connectivity index (χ1) is 9.74. The second-order valence-corrected chi connectivity index (χ2v) is 4.13. The maximum Gasteiger partial charge on any atom is 0.267 e. The fourth-order valence-corrected chi connectivity index (χ4v) is 1.58. The van der Waals surface area contributed by atoms with Crippen LogP contribution in [0.5, 0.6) is 0 Å². The van der Waals surface area contributed by atoms with Gasteiger partial charge in [0.05, 0.1) is 6.61 Å². The third kappa shape index (κ3) is 4.66. The molecule has 2 aromatic rings. The van der Waals surface area contributed by atoms with Crippen molar-refractivity contribution >= 4 is 12.0 Å². The second kappa shape index (κ2) is 7.21. The summed E-state index contributed by atoms with van der Waals surface area (Å²) in [7, 11) is 0. The van der Waals surface area contributed by atoms with Crippen molar-refractivity contribution in [3.05, 3.63) is 77.6 Å². The maximum absolute atomic E-state index is 12.9. The van der Waals surface area contributed by atoms with Crippen molar-refractivity contribution in [2.45, 2.75) is 6.61 Å². The van der Waals surface area contributed by atoms with Crippen LogP contribution in [0.4, 0.5) is 4.39 Å². The fraction of sp³-hybridized carbons (Fsp3) is 0.0625. The van der Waals surface area contributed by atoms with Crippen LogP contribution in [0.25, 0.3) is 6.08 Å². The molecule has 0 aliphatic heterocycles. The molecule has 3 nitrogen and oxygen atoms in total. The minimum absolute atomic E-state index is 0.292. The molecule has 0 fully saturated rings. The Morgan fingerprint density at radius 3 is 2.70 bits per heavy atom. The van der Waals surface area contributed by atoms with E-state index in [1.807, 2.05) is 30.3 Å². The Bertz CT molecular complexity index is 596. The molecule has 0 atom stereocenters. The number of hydrogen-bond acceptors (Lipinski definition) is 2. The number of benzene rings is 2. The van der Waals surface area contributed by atoms with Gasteiger partial charge in [0.25, 0.3) is 5.91 Å². The van der Waals surface area contributed by atoms with Crippen LogP contribution in [0.2, 0.25) is 0 Å². The number of halogens is 1. The lowest BCUT2D eigenvalue weighted by Crippen LogP contribution is -2.21. The normalized spacial score (nSPS) is 10.7. The van der Waals surface area contributed by atoms with E-state index in [4.69, 9.17) is 4.84 Å². The molecule has 102 valence electrons. The molecule has 0 bridgehead atoms.